The summed E-state index contributed by atoms with van der Waals surface area (Å²) in [5.74, 6) is 0. The number of carbonyl (C=O) groups is 4. The Labute approximate surface area is 337 Å². The van der Waals surface area contributed by atoms with Crippen LogP contribution in [0.25, 0.3) is 0 Å². The Morgan fingerprint density at radius 3 is 1.08 bits per heavy atom. The molecule has 0 saturated carbocycles. The highest BCUT2D eigenvalue weighted by molar-refractivity contribution is 5.48. The lowest BCUT2D eigenvalue weighted by Gasteiger charge is -2.50. The van der Waals surface area contributed by atoms with Crippen molar-refractivity contribution in [2.24, 2.45) is 0 Å². The molecule has 0 bridgehead atoms. The number of carbonyl (C=O) groups excluding carboxylic acids is 4. The zero-order chi connectivity index (χ0) is 43.5. The fraction of sp³-hybridized carbons (Fsp3) is 0.882. The van der Waals surface area contributed by atoms with E-state index < -0.39 is 153 Å². The van der Waals surface area contributed by atoms with Crippen LogP contribution in [-0.2, 0) is 61.8 Å². The molecule has 0 aromatic rings. The van der Waals surface area contributed by atoms with Crippen molar-refractivity contribution in [1.29, 1.82) is 0 Å². The summed E-state index contributed by atoms with van der Waals surface area (Å²) in [4.78, 5) is 45.5. The third-order valence-electron chi connectivity index (χ3n) is 11.3. The smallest absolute Gasteiger partial charge is 0.207 e. The molecule has 5 saturated heterocycles. The van der Waals surface area contributed by atoms with Gasteiger partial charge in [0.2, 0.25) is 25.6 Å². The van der Waals surface area contributed by atoms with Crippen molar-refractivity contribution in [2.45, 2.75) is 188 Å². The van der Waals surface area contributed by atoms with Crippen LogP contribution in [0, 0.1) is 0 Å². The number of aliphatic hydroxyl groups excluding tert-OH is 8. The highest BCUT2D eigenvalue weighted by atomic mass is 16.8. The van der Waals surface area contributed by atoms with Crippen molar-refractivity contribution < 1.29 is 103 Å². The molecule has 5 aliphatic rings. The Kier molecular flexibility index (Phi) is 16.3. The predicted molar refractivity (Wildman–Crippen MR) is 187 cm³/mol. The van der Waals surface area contributed by atoms with Crippen molar-refractivity contribution >= 4 is 25.6 Å². The quantitative estimate of drug-likeness (QED) is 0.0642. The highest BCUT2D eigenvalue weighted by Crippen LogP contribution is 2.36. The number of nitrogens with one attached hydrogen (secondary N) is 4. The van der Waals surface area contributed by atoms with E-state index in [1.54, 1.807) is 0 Å². The molecule has 0 spiro atoms. The molecule has 25 atom stereocenters. The molecule has 338 valence electrons. The minimum atomic E-state index is -1.88. The first-order valence-corrected chi connectivity index (χ1v) is 19.1. The van der Waals surface area contributed by atoms with Crippen LogP contribution in [0.15, 0.2) is 0 Å². The second-order valence-electron chi connectivity index (χ2n) is 15.1. The maximum Gasteiger partial charge on any atom is 0.207 e. The molecule has 0 radical (unpaired) electrons. The van der Waals surface area contributed by atoms with Gasteiger partial charge >= 0.3 is 0 Å². The molecule has 5 heterocycles. The Morgan fingerprint density at radius 2 is 0.661 bits per heavy atom. The minimum absolute atomic E-state index is 0.292. The number of hydrogen-bond acceptors (Lipinski definition) is 21. The summed E-state index contributed by atoms with van der Waals surface area (Å²) >= 11 is 0. The van der Waals surface area contributed by atoms with Gasteiger partial charge in [0, 0.05) is 0 Å². The Morgan fingerprint density at radius 1 is 0.356 bits per heavy atom. The molecule has 5 fully saturated rings. The van der Waals surface area contributed by atoms with Gasteiger partial charge in [-0.3, -0.25) is 19.2 Å². The van der Waals surface area contributed by atoms with Crippen LogP contribution in [0.5, 0.6) is 0 Å². The summed E-state index contributed by atoms with van der Waals surface area (Å²) in [6.07, 6.45) is -31.5. The molecule has 0 aromatic carbocycles. The summed E-state index contributed by atoms with van der Waals surface area (Å²) in [5, 5.41) is 98.7. The van der Waals surface area contributed by atoms with Gasteiger partial charge in [0.1, 0.15) is 67.1 Å². The first kappa shape index (κ1) is 47.3. The lowest BCUT2D eigenvalue weighted by atomic mass is 9.94. The summed E-state index contributed by atoms with van der Waals surface area (Å²) < 4.78 is 53.4. The summed E-state index contributed by atoms with van der Waals surface area (Å²) in [6.45, 7) is 7.25. The summed E-state index contributed by atoms with van der Waals surface area (Å²) in [6, 6.07) is -4.47. The molecule has 25 nitrogen and oxygen atoms in total. The molecular weight excluding hydrogens is 800 g/mol. The first-order valence-electron chi connectivity index (χ1n) is 19.1. The van der Waals surface area contributed by atoms with E-state index in [-0.39, 0.29) is 0 Å². The molecule has 12 N–H and O–H groups in total. The van der Waals surface area contributed by atoms with Gasteiger partial charge in [-0.1, -0.05) is 0 Å². The number of rotatable bonds is 16. The highest BCUT2D eigenvalue weighted by Gasteiger charge is 2.56. The Hall–Kier alpha value is -2.80. The van der Waals surface area contributed by atoms with E-state index in [0.29, 0.717) is 25.6 Å². The largest absolute Gasteiger partial charge is 0.388 e. The lowest BCUT2D eigenvalue weighted by molar-refractivity contribution is -0.400. The van der Waals surface area contributed by atoms with Crippen LogP contribution >= 0.6 is 0 Å². The van der Waals surface area contributed by atoms with Gasteiger partial charge in [-0.25, -0.2) is 0 Å². The molecule has 0 aromatic heterocycles. The van der Waals surface area contributed by atoms with Crippen molar-refractivity contribution in [3.05, 3.63) is 0 Å². The van der Waals surface area contributed by atoms with Crippen LogP contribution in [0.3, 0.4) is 0 Å². The van der Waals surface area contributed by atoms with Crippen LogP contribution in [0.1, 0.15) is 34.6 Å². The average Bonchev–Trinajstić information content (AvgIpc) is 3.18. The van der Waals surface area contributed by atoms with Crippen LogP contribution < -0.4 is 21.3 Å². The number of ether oxygens (including phenoxy) is 9. The number of amides is 4. The zero-order valence-electron chi connectivity index (χ0n) is 32.6. The van der Waals surface area contributed by atoms with E-state index in [2.05, 4.69) is 21.3 Å². The molecule has 0 aliphatic carbocycles. The maximum atomic E-state index is 11.6. The van der Waals surface area contributed by atoms with E-state index in [4.69, 9.17) is 42.6 Å². The maximum absolute atomic E-state index is 11.6. The monoisotopic (exact) mass is 856 g/mol. The summed E-state index contributed by atoms with van der Waals surface area (Å²) in [5.41, 5.74) is 0. The molecule has 0 unspecified atom stereocenters. The summed E-state index contributed by atoms with van der Waals surface area (Å²) in [7, 11) is 0. The average molecular weight is 857 g/mol. The first-order chi connectivity index (χ1) is 28.0. The van der Waals surface area contributed by atoms with Crippen molar-refractivity contribution in [3.8, 4) is 0 Å². The molecule has 59 heavy (non-hydrogen) atoms. The molecule has 5 aliphatic heterocycles. The van der Waals surface area contributed by atoms with E-state index in [0.717, 1.165) is 0 Å². The van der Waals surface area contributed by atoms with Gasteiger partial charge in [0.05, 0.1) is 54.7 Å². The minimum Gasteiger partial charge on any atom is -0.388 e. The van der Waals surface area contributed by atoms with E-state index in [9.17, 15) is 60.0 Å². The van der Waals surface area contributed by atoms with Gasteiger partial charge < -0.3 is 105 Å². The van der Waals surface area contributed by atoms with Crippen molar-refractivity contribution in [1.82, 2.24) is 21.3 Å². The lowest BCUT2D eigenvalue weighted by Crippen LogP contribution is -2.69. The van der Waals surface area contributed by atoms with Gasteiger partial charge in [-0.2, -0.15) is 0 Å². The van der Waals surface area contributed by atoms with Crippen LogP contribution in [-0.4, -0.2) is 220 Å². The topological polar surface area (TPSA) is 361 Å². The van der Waals surface area contributed by atoms with E-state index in [1.807, 2.05) is 0 Å². The van der Waals surface area contributed by atoms with Crippen molar-refractivity contribution in [2.75, 3.05) is 0 Å². The van der Waals surface area contributed by atoms with Gasteiger partial charge in [-0.05, 0) is 34.6 Å². The molecule has 5 rings (SSSR count). The van der Waals surface area contributed by atoms with E-state index >= 15 is 0 Å². The third kappa shape index (κ3) is 9.97. The van der Waals surface area contributed by atoms with Crippen molar-refractivity contribution in [3.63, 3.8) is 0 Å². The number of aliphatic hydroxyl groups is 8. The van der Waals surface area contributed by atoms with E-state index in [1.165, 1.54) is 34.6 Å². The standard InChI is InChI=1S/C34H56N4O21/c1-10-16(36-7-40)21(45)26(30(50)51-10)56-32-28(23(47)18(38-9-42)12(3)53-32)58-34-29(24(48)19(43)14(5)55-34)59-33-27(22(46)17(37-8-41)13(4)54-33)57-31-25(49)20(44)15(35-6-39)11(2)52-31/h6-34,43-50H,1-5H3,(H,35,39)(H,36,40)(H,37,41)(H,38,42)/t10-,11-,12-,13-,14-,15-,16-,17-,18-,19-,20+,21+,22+,23+,24+,25+,26+,27+,28+,29+,30+,31-,32-,33-,34-/m1/s1. The van der Waals surface area contributed by atoms with Crippen LogP contribution in [0.2, 0.25) is 0 Å². The van der Waals surface area contributed by atoms with Gasteiger partial charge in [0.25, 0.3) is 0 Å². The van der Waals surface area contributed by atoms with Crippen LogP contribution in [0.4, 0.5) is 0 Å². The molecule has 25 heteroatoms. The molecule has 4 amide bonds. The third-order valence-corrected chi connectivity index (χ3v) is 11.3. The normalized spacial score (nSPS) is 50.5. The fourth-order valence-electron chi connectivity index (χ4n) is 7.99. The second-order valence-corrected chi connectivity index (χ2v) is 15.1. The predicted octanol–water partition coefficient (Wildman–Crippen LogP) is -7.77. The fourth-order valence-corrected chi connectivity index (χ4v) is 7.99. The second kappa shape index (κ2) is 20.4. The Balaban J connectivity index is 1.45. The zero-order valence-corrected chi connectivity index (χ0v) is 32.6. The van der Waals surface area contributed by atoms with Gasteiger partial charge in [0.15, 0.2) is 31.5 Å². The molecular formula is C34H56N4O21. The van der Waals surface area contributed by atoms with Gasteiger partial charge in [-0.15, -0.1) is 0 Å². The Bertz CT molecular complexity index is 1390. The number of hydrogen-bond donors (Lipinski definition) is 12. The SMILES string of the molecule is C[C@H]1O[C@H](O[C@@H]2[C@@H](O[C@H]3[C@@H](O)[C@H](NC=O)[C@@H](C)O[C@@H]3O)O[C@H](C)[C@@H](NC=O)[C@@H]2O)[C@@H](O[C@H]2O[C@H](C)[C@@H](NC=O)[C@H](O)[C@@H]2O[C@H]2O[C@H](C)[C@@H](NC=O)[C@H](O)[C@@H]2O)[C@@H](O)[C@@H]1O.